The minimum atomic E-state index is 0.0685. The van der Waals surface area contributed by atoms with Crippen LogP contribution >= 0.6 is 24.4 Å². The molecule has 0 aromatic heterocycles. The monoisotopic (exact) mass is 282 g/mol. The summed E-state index contributed by atoms with van der Waals surface area (Å²) in [5.74, 6) is 0.809. The van der Waals surface area contributed by atoms with E-state index in [1.165, 1.54) is 11.1 Å². The molecule has 0 spiro atoms. The summed E-state index contributed by atoms with van der Waals surface area (Å²) in [6, 6.07) is 8.55. The second-order valence-corrected chi connectivity index (χ2v) is 5.59. The van der Waals surface area contributed by atoms with E-state index in [1.807, 2.05) is 13.2 Å². The lowest BCUT2D eigenvalue weighted by molar-refractivity contribution is 0.440. The molecule has 4 heteroatoms. The lowest BCUT2D eigenvalue weighted by Gasteiger charge is -2.26. The molecule has 1 rings (SSSR count). The molecule has 0 amide bonds. The van der Waals surface area contributed by atoms with Gasteiger partial charge in [0.25, 0.3) is 0 Å². The lowest BCUT2D eigenvalue weighted by Crippen LogP contribution is -2.17. The zero-order chi connectivity index (χ0) is 13.5. The van der Waals surface area contributed by atoms with Crippen molar-refractivity contribution in [2.75, 3.05) is 19.1 Å². The summed E-state index contributed by atoms with van der Waals surface area (Å²) in [5, 5.41) is 0.283. The molecule has 0 saturated carbocycles. The first kappa shape index (κ1) is 15.5. The molecule has 2 nitrogen and oxygen atoms in total. The van der Waals surface area contributed by atoms with Gasteiger partial charge in [-0.05, 0) is 35.8 Å². The van der Waals surface area contributed by atoms with Crippen LogP contribution in [-0.2, 0) is 0 Å². The van der Waals surface area contributed by atoms with Crippen molar-refractivity contribution in [2.24, 2.45) is 5.73 Å². The lowest BCUT2D eigenvalue weighted by atomic mass is 10.0. The van der Waals surface area contributed by atoms with Crippen LogP contribution in [0.4, 0.5) is 0 Å². The highest BCUT2D eigenvalue weighted by Gasteiger charge is 2.14. The molecule has 18 heavy (non-hydrogen) atoms. The van der Waals surface area contributed by atoms with Crippen molar-refractivity contribution in [2.45, 2.75) is 17.8 Å². The fraction of sp³-hybridized carbons (Fsp3) is 0.429. The quantitative estimate of drug-likeness (QED) is 0.593. The standard InChI is InChI=1S/C14H22N2S2/c1-4-16(2)14(18-3)12-7-5-6-11(10-12)13(15)8-9-17/h4-7,10,13-14,17H,1,8-9,15H2,2-3H3. The minimum absolute atomic E-state index is 0.0685. The molecule has 0 bridgehead atoms. The normalized spacial score (nSPS) is 14.0. The second-order valence-electron chi connectivity index (χ2n) is 4.23. The number of hydrogen-bond acceptors (Lipinski definition) is 4. The van der Waals surface area contributed by atoms with Gasteiger partial charge in [0, 0.05) is 13.1 Å². The average Bonchev–Trinajstić information content (AvgIpc) is 2.40. The zero-order valence-electron chi connectivity index (χ0n) is 11.0. The molecule has 100 valence electrons. The number of benzene rings is 1. The Kier molecular flexibility index (Phi) is 6.68. The molecule has 2 atom stereocenters. The van der Waals surface area contributed by atoms with Gasteiger partial charge in [-0.1, -0.05) is 30.8 Å². The molecule has 0 heterocycles. The number of nitrogens with zero attached hydrogens (tertiary/aromatic N) is 1. The smallest absolute Gasteiger partial charge is 0.0994 e. The molecule has 1 aromatic carbocycles. The molecular formula is C14H22N2S2. The molecule has 0 aliphatic heterocycles. The van der Waals surface area contributed by atoms with Gasteiger partial charge in [0.2, 0.25) is 0 Å². The van der Waals surface area contributed by atoms with Crippen LogP contribution in [0.25, 0.3) is 0 Å². The Morgan fingerprint density at radius 2 is 2.17 bits per heavy atom. The van der Waals surface area contributed by atoms with E-state index in [0.29, 0.717) is 0 Å². The Morgan fingerprint density at radius 1 is 1.50 bits per heavy atom. The Labute approximate surface area is 120 Å². The van der Waals surface area contributed by atoms with Gasteiger partial charge in [0.15, 0.2) is 0 Å². The van der Waals surface area contributed by atoms with Gasteiger partial charge in [-0.2, -0.15) is 12.6 Å². The van der Waals surface area contributed by atoms with E-state index in [-0.39, 0.29) is 11.4 Å². The van der Waals surface area contributed by atoms with Crippen molar-refractivity contribution < 1.29 is 0 Å². The van der Waals surface area contributed by atoms with E-state index in [9.17, 15) is 0 Å². The Balaban J connectivity index is 2.95. The third-order valence-corrected chi connectivity index (χ3v) is 4.25. The van der Waals surface area contributed by atoms with E-state index in [0.717, 1.165) is 12.2 Å². The summed E-state index contributed by atoms with van der Waals surface area (Å²) in [6.07, 6.45) is 4.85. The fourth-order valence-electron chi connectivity index (χ4n) is 1.88. The highest BCUT2D eigenvalue weighted by Crippen LogP contribution is 2.31. The van der Waals surface area contributed by atoms with Crippen LogP contribution in [0, 0.1) is 0 Å². The van der Waals surface area contributed by atoms with Crippen LogP contribution in [0.1, 0.15) is 29.0 Å². The molecule has 1 aromatic rings. The Morgan fingerprint density at radius 3 is 2.72 bits per heavy atom. The van der Waals surface area contributed by atoms with Crippen molar-refractivity contribution >= 4 is 24.4 Å². The van der Waals surface area contributed by atoms with Crippen LogP contribution in [0.5, 0.6) is 0 Å². The third-order valence-electron chi connectivity index (χ3n) is 2.95. The largest absolute Gasteiger partial charge is 0.365 e. The van der Waals surface area contributed by atoms with Crippen LogP contribution in [-0.4, -0.2) is 24.0 Å². The summed E-state index contributed by atoms with van der Waals surface area (Å²) < 4.78 is 0. The fourth-order valence-corrected chi connectivity index (χ4v) is 3.00. The average molecular weight is 282 g/mol. The third kappa shape index (κ3) is 3.97. The summed E-state index contributed by atoms with van der Waals surface area (Å²) >= 11 is 6.03. The van der Waals surface area contributed by atoms with E-state index in [2.05, 4.69) is 54.6 Å². The number of hydrogen-bond donors (Lipinski definition) is 2. The van der Waals surface area contributed by atoms with Gasteiger partial charge < -0.3 is 10.6 Å². The summed E-state index contributed by atoms with van der Waals surface area (Å²) in [5.41, 5.74) is 8.58. The van der Waals surface area contributed by atoms with Crippen molar-refractivity contribution in [1.82, 2.24) is 4.90 Å². The van der Waals surface area contributed by atoms with E-state index < -0.39 is 0 Å². The van der Waals surface area contributed by atoms with Crippen LogP contribution in [0.15, 0.2) is 37.0 Å². The maximum absolute atomic E-state index is 6.14. The van der Waals surface area contributed by atoms with Crippen LogP contribution < -0.4 is 5.73 Å². The topological polar surface area (TPSA) is 29.3 Å². The SMILES string of the molecule is C=CN(C)C(SC)c1cccc(C(N)CCS)c1. The molecule has 0 radical (unpaired) electrons. The predicted molar refractivity (Wildman–Crippen MR) is 86.1 cm³/mol. The first-order valence-corrected chi connectivity index (χ1v) is 7.89. The first-order chi connectivity index (χ1) is 8.63. The number of rotatable bonds is 7. The Bertz CT molecular complexity index is 382. The highest BCUT2D eigenvalue weighted by molar-refractivity contribution is 7.98. The summed E-state index contributed by atoms with van der Waals surface area (Å²) in [4.78, 5) is 2.11. The Hall–Kier alpha value is -0.580. The van der Waals surface area contributed by atoms with Gasteiger partial charge >= 0.3 is 0 Å². The summed E-state index contributed by atoms with van der Waals surface area (Å²) in [6.45, 7) is 3.82. The molecule has 0 saturated heterocycles. The van der Waals surface area contributed by atoms with Gasteiger partial charge in [-0.3, -0.25) is 0 Å². The minimum Gasteiger partial charge on any atom is -0.365 e. The zero-order valence-corrected chi connectivity index (χ0v) is 12.8. The highest BCUT2D eigenvalue weighted by atomic mass is 32.2. The van der Waals surface area contributed by atoms with Crippen LogP contribution in [0.3, 0.4) is 0 Å². The molecular weight excluding hydrogens is 260 g/mol. The molecule has 2 N–H and O–H groups in total. The molecule has 2 unspecified atom stereocenters. The summed E-state index contributed by atoms with van der Waals surface area (Å²) in [7, 11) is 2.04. The van der Waals surface area contributed by atoms with Gasteiger partial charge in [0.05, 0.1) is 5.37 Å². The van der Waals surface area contributed by atoms with E-state index in [1.54, 1.807) is 11.8 Å². The molecule has 0 aliphatic carbocycles. The second kappa shape index (κ2) is 7.77. The van der Waals surface area contributed by atoms with E-state index in [4.69, 9.17) is 5.73 Å². The maximum atomic E-state index is 6.14. The van der Waals surface area contributed by atoms with Crippen LogP contribution in [0.2, 0.25) is 0 Å². The van der Waals surface area contributed by atoms with Crippen molar-refractivity contribution in [3.63, 3.8) is 0 Å². The number of thioether (sulfide) groups is 1. The van der Waals surface area contributed by atoms with E-state index >= 15 is 0 Å². The van der Waals surface area contributed by atoms with Gasteiger partial charge in [-0.15, -0.1) is 11.8 Å². The van der Waals surface area contributed by atoms with Gasteiger partial charge in [-0.25, -0.2) is 0 Å². The molecule has 0 aliphatic rings. The van der Waals surface area contributed by atoms with Gasteiger partial charge in [0.1, 0.15) is 0 Å². The van der Waals surface area contributed by atoms with Crippen molar-refractivity contribution in [3.05, 3.63) is 48.2 Å². The van der Waals surface area contributed by atoms with Crippen molar-refractivity contribution in [1.29, 1.82) is 0 Å². The number of nitrogens with two attached hydrogens (primary N) is 1. The van der Waals surface area contributed by atoms with Crippen molar-refractivity contribution in [3.8, 4) is 0 Å². The predicted octanol–water partition coefficient (Wildman–Crippen LogP) is 3.44. The number of thiol groups is 1. The maximum Gasteiger partial charge on any atom is 0.0994 e. The first-order valence-electron chi connectivity index (χ1n) is 5.97. The molecule has 0 fully saturated rings.